The lowest BCUT2D eigenvalue weighted by molar-refractivity contribution is 0.0629. The van der Waals surface area contributed by atoms with Gasteiger partial charge in [-0.1, -0.05) is 0 Å². The van der Waals surface area contributed by atoms with E-state index in [2.05, 4.69) is 4.90 Å². The predicted octanol–water partition coefficient (Wildman–Crippen LogP) is 1.10. The second kappa shape index (κ2) is 9.83. The van der Waals surface area contributed by atoms with Crippen molar-refractivity contribution >= 4 is 0 Å². The van der Waals surface area contributed by atoms with Crippen molar-refractivity contribution in [3.63, 3.8) is 0 Å². The Morgan fingerprint density at radius 3 is 2.59 bits per heavy atom. The Balaban J connectivity index is 1.91. The predicted molar refractivity (Wildman–Crippen MR) is 70.1 cm³/mol. The fraction of sp³-hybridized carbons (Fsp3) is 1.00. The zero-order chi connectivity index (χ0) is 12.3. The van der Waals surface area contributed by atoms with Crippen LogP contribution >= 0.6 is 0 Å². The highest BCUT2D eigenvalue weighted by atomic mass is 16.5. The lowest BCUT2D eigenvalue weighted by Crippen LogP contribution is -2.35. The maximum Gasteiger partial charge on any atom is 0.0700 e. The van der Waals surface area contributed by atoms with Gasteiger partial charge in [-0.2, -0.15) is 0 Å². The van der Waals surface area contributed by atoms with Crippen LogP contribution in [0.1, 0.15) is 25.7 Å². The van der Waals surface area contributed by atoms with Crippen LogP contribution in [0.2, 0.25) is 0 Å². The lowest BCUT2D eigenvalue weighted by Gasteiger charge is -2.31. The normalized spacial score (nSPS) is 18.7. The maximum atomic E-state index is 5.59. The number of likely N-dealkylation sites (tertiary alicyclic amines) is 1. The first-order chi connectivity index (χ1) is 8.36. The fourth-order valence-electron chi connectivity index (χ4n) is 2.37. The Morgan fingerprint density at radius 1 is 1.18 bits per heavy atom. The smallest absolute Gasteiger partial charge is 0.0700 e. The van der Waals surface area contributed by atoms with Crippen molar-refractivity contribution in [1.82, 2.24) is 4.90 Å². The molecule has 0 saturated carbocycles. The van der Waals surface area contributed by atoms with Crippen molar-refractivity contribution in [3.05, 3.63) is 0 Å². The summed E-state index contributed by atoms with van der Waals surface area (Å²) in [6.07, 6.45) is 4.97. The summed E-state index contributed by atoms with van der Waals surface area (Å²) in [4.78, 5) is 2.55. The Morgan fingerprint density at radius 2 is 1.94 bits per heavy atom. The third-order valence-electron chi connectivity index (χ3n) is 3.48. The third kappa shape index (κ3) is 6.99. The minimum Gasteiger partial charge on any atom is -0.382 e. The van der Waals surface area contributed by atoms with Gasteiger partial charge in [-0.25, -0.2) is 0 Å². The molecule has 102 valence electrons. The highest BCUT2D eigenvalue weighted by molar-refractivity contribution is 4.72. The molecule has 4 nitrogen and oxygen atoms in total. The highest BCUT2D eigenvalue weighted by Crippen LogP contribution is 2.19. The van der Waals surface area contributed by atoms with Gasteiger partial charge in [0.2, 0.25) is 0 Å². The van der Waals surface area contributed by atoms with Crippen LogP contribution in [0.3, 0.4) is 0 Å². The van der Waals surface area contributed by atoms with Gasteiger partial charge in [0.25, 0.3) is 0 Å². The van der Waals surface area contributed by atoms with Gasteiger partial charge in [-0.15, -0.1) is 0 Å². The number of hydrogen-bond acceptors (Lipinski definition) is 4. The number of nitrogens with two attached hydrogens (primary N) is 1. The summed E-state index contributed by atoms with van der Waals surface area (Å²) in [5.41, 5.74) is 5.59. The number of nitrogens with zero attached hydrogens (tertiary/aromatic N) is 1. The minimum absolute atomic E-state index is 0.699. The molecule has 1 rings (SSSR count). The van der Waals surface area contributed by atoms with Crippen LogP contribution in [0.4, 0.5) is 0 Å². The summed E-state index contributed by atoms with van der Waals surface area (Å²) in [6, 6.07) is 0. The van der Waals surface area contributed by atoms with E-state index >= 15 is 0 Å². The van der Waals surface area contributed by atoms with Gasteiger partial charge >= 0.3 is 0 Å². The first kappa shape index (κ1) is 14.9. The molecule has 1 saturated heterocycles. The molecule has 0 unspecified atom stereocenters. The number of ether oxygens (including phenoxy) is 2. The van der Waals surface area contributed by atoms with Crippen LogP contribution < -0.4 is 5.73 Å². The Bertz CT molecular complexity index is 171. The second-order valence-corrected chi connectivity index (χ2v) is 4.82. The van der Waals surface area contributed by atoms with E-state index in [0.29, 0.717) is 6.61 Å². The monoisotopic (exact) mass is 244 g/mol. The SMILES string of the molecule is COCCOCCCN1CCC(CCN)CC1. The summed E-state index contributed by atoms with van der Waals surface area (Å²) in [6.45, 7) is 6.76. The van der Waals surface area contributed by atoms with Gasteiger partial charge in [0.1, 0.15) is 0 Å². The second-order valence-electron chi connectivity index (χ2n) is 4.82. The van der Waals surface area contributed by atoms with Gasteiger partial charge in [-0.3, -0.25) is 0 Å². The van der Waals surface area contributed by atoms with Crippen molar-refractivity contribution < 1.29 is 9.47 Å². The first-order valence-electron chi connectivity index (χ1n) is 6.86. The van der Waals surface area contributed by atoms with E-state index in [1.54, 1.807) is 7.11 Å². The molecule has 1 fully saturated rings. The number of methoxy groups -OCH3 is 1. The molecular formula is C13H28N2O2. The van der Waals surface area contributed by atoms with Gasteiger partial charge in [0.05, 0.1) is 13.2 Å². The molecule has 17 heavy (non-hydrogen) atoms. The third-order valence-corrected chi connectivity index (χ3v) is 3.48. The van der Waals surface area contributed by atoms with E-state index in [0.717, 1.165) is 32.1 Å². The van der Waals surface area contributed by atoms with E-state index in [-0.39, 0.29) is 0 Å². The quantitative estimate of drug-likeness (QED) is 0.617. The van der Waals surface area contributed by atoms with Crippen LogP contribution in [0.25, 0.3) is 0 Å². The standard InChI is InChI=1S/C13H28N2O2/c1-16-11-12-17-10-2-7-15-8-4-13(3-6-14)5-9-15/h13H,2-12,14H2,1H3. The summed E-state index contributed by atoms with van der Waals surface area (Å²) in [5, 5.41) is 0. The molecule has 1 aliphatic rings. The topological polar surface area (TPSA) is 47.7 Å². The van der Waals surface area contributed by atoms with Crippen molar-refractivity contribution in [2.24, 2.45) is 11.7 Å². The fourth-order valence-corrected chi connectivity index (χ4v) is 2.37. The average molecular weight is 244 g/mol. The molecular weight excluding hydrogens is 216 g/mol. The molecule has 0 atom stereocenters. The molecule has 2 N–H and O–H groups in total. The molecule has 0 radical (unpaired) electrons. The molecule has 0 bridgehead atoms. The maximum absolute atomic E-state index is 5.59. The molecule has 4 heteroatoms. The zero-order valence-corrected chi connectivity index (χ0v) is 11.2. The summed E-state index contributed by atoms with van der Waals surface area (Å²) in [5.74, 6) is 0.870. The first-order valence-corrected chi connectivity index (χ1v) is 6.86. The Labute approximate surface area is 105 Å². The summed E-state index contributed by atoms with van der Waals surface area (Å²) in [7, 11) is 1.70. The molecule has 0 aliphatic carbocycles. The van der Waals surface area contributed by atoms with E-state index < -0.39 is 0 Å². The zero-order valence-electron chi connectivity index (χ0n) is 11.2. The minimum atomic E-state index is 0.699. The van der Waals surface area contributed by atoms with Crippen LogP contribution in [0.15, 0.2) is 0 Å². The highest BCUT2D eigenvalue weighted by Gasteiger charge is 2.17. The van der Waals surface area contributed by atoms with E-state index in [4.69, 9.17) is 15.2 Å². The molecule has 1 heterocycles. The molecule has 0 aromatic rings. The molecule has 0 aromatic carbocycles. The number of rotatable bonds is 9. The lowest BCUT2D eigenvalue weighted by atomic mass is 9.93. The number of hydrogen-bond donors (Lipinski definition) is 1. The van der Waals surface area contributed by atoms with Gasteiger partial charge in [0.15, 0.2) is 0 Å². The van der Waals surface area contributed by atoms with E-state index in [1.807, 2.05) is 0 Å². The molecule has 1 aliphatic heterocycles. The van der Waals surface area contributed by atoms with Crippen molar-refractivity contribution in [1.29, 1.82) is 0 Å². The van der Waals surface area contributed by atoms with Crippen molar-refractivity contribution in [2.75, 3.05) is 53.1 Å². The summed E-state index contributed by atoms with van der Waals surface area (Å²) < 4.78 is 10.4. The Hall–Kier alpha value is -0.160. The number of piperidine rings is 1. The van der Waals surface area contributed by atoms with E-state index in [9.17, 15) is 0 Å². The Kier molecular flexibility index (Phi) is 8.61. The van der Waals surface area contributed by atoms with Crippen LogP contribution in [-0.4, -0.2) is 58.0 Å². The molecule has 0 aromatic heterocycles. The van der Waals surface area contributed by atoms with Gasteiger partial charge in [-0.05, 0) is 51.2 Å². The van der Waals surface area contributed by atoms with Crippen LogP contribution in [-0.2, 0) is 9.47 Å². The van der Waals surface area contributed by atoms with Crippen molar-refractivity contribution in [2.45, 2.75) is 25.7 Å². The molecule has 0 spiro atoms. The average Bonchev–Trinajstić information content (AvgIpc) is 2.36. The van der Waals surface area contributed by atoms with Crippen molar-refractivity contribution in [3.8, 4) is 0 Å². The molecule has 0 amide bonds. The summed E-state index contributed by atoms with van der Waals surface area (Å²) >= 11 is 0. The largest absolute Gasteiger partial charge is 0.382 e. The van der Waals surface area contributed by atoms with E-state index in [1.165, 1.54) is 38.9 Å². The van der Waals surface area contributed by atoms with Crippen LogP contribution in [0, 0.1) is 5.92 Å². The van der Waals surface area contributed by atoms with Gasteiger partial charge < -0.3 is 20.1 Å². The van der Waals surface area contributed by atoms with Crippen LogP contribution in [0.5, 0.6) is 0 Å². The van der Waals surface area contributed by atoms with Gasteiger partial charge in [0, 0.05) is 20.3 Å².